The van der Waals surface area contributed by atoms with Gasteiger partial charge in [-0.25, -0.2) is 23.5 Å². The van der Waals surface area contributed by atoms with Crippen LogP contribution in [0, 0.1) is 11.6 Å². The first-order chi connectivity index (χ1) is 16.9. The molecule has 1 aliphatic rings. The number of halogens is 2. The van der Waals surface area contributed by atoms with Gasteiger partial charge >= 0.3 is 6.03 Å². The first-order valence-corrected chi connectivity index (χ1v) is 10.9. The van der Waals surface area contributed by atoms with Crippen molar-refractivity contribution >= 4 is 34.6 Å². The van der Waals surface area contributed by atoms with E-state index < -0.39 is 23.6 Å². The molecule has 4 aromatic rings. The fraction of sp³-hybridized carbons (Fsp3) is 0.167. The van der Waals surface area contributed by atoms with Crippen LogP contribution in [0.25, 0.3) is 5.52 Å². The molecule has 1 aliphatic carbocycles. The Labute approximate surface area is 198 Å². The number of imidazole rings is 1. The van der Waals surface area contributed by atoms with Gasteiger partial charge in [-0.1, -0.05) is 12.1 Å². The number of fused-ring (bicyclic) bond motifs is 1. The summed E-state index contributed by atoms with van der Waals surface area (Å²) in [5, 5.41) is 7.89. The number of nitrogens with one attached hydrogen (secondary N) is 3. The number of nitrogens with two attached hydrogens (primary N) is 1. The Bertz CT molecular complexity index is 1450. The molecule has 1 saturated carbocycles. The number of hydrogen-bond donors (Lipinski definition) is 4. The molecule has 5 N–H and O–H groups in total. The molecule has 0 unspecified atom stereocenters. The van der Waals surface area contributed by atoms with Gasteiger partial charge < -0.3 is 21.7 Å². The van der Waals surface area contributed by atoms with Crippen LogP contribution in [0.15, 0.2) is 54.9 Å². The number of rotatable bonds is 6. The maximum Gasteiger partial charge on any atom is 0.319 e. The van der Waals surface area contributed by atoms with Crippen molar-refractivity contribution in [2.45, 2.75) is 25.3 Å². The normalized spacial score (nSPS) is 13.0. The number of urea groups is 1. The Morgan fingerprint density at radius 2 is 1.86 bits per heavy atom. The largest absolute Gasteiger partial charge is 0.382 e. The Morgan fingerprint density at radius 3 is 2.63 bits per heavy atom. The Morgan fingerprint density at radius 1 is 1.06 bits per heavy atom. The third-order valence-electron chi connectivity index (χ3n) is 5.58. The zero-order chi connectivity index (χ0) is 24.5. The molecule has 3 amide bonds. The molecule has 2 aromatic heterocycles. The highest BCUT2D eigenvalue weighted by atomic mass is 19.2. The molecule has 11 heteroatoms. The van der Waals surface area contributed by atoms with Crippen molar-refractivity contribution in [1.29, 1.82) is 0 Å². The number of aromatic nitrogens is 3. The van der Waals surface area contributed by atoms with E-state index in [-0.39, 0.29) is 23.7 Å². The molecule has 2 aromatic carbocycles. The quantitative estimate of drug-likeness (QED) is 0.333. The van der Waals surface area contributed by atoms with E-state index >= 15 is 0 Å². The molecule has 0 radical (unpaired) electrons. The minimum absolute atomic E-state index is 0.119. The van der Waals surface area contributed by atoms with Crippen molar-refractivity contribution in [3.8, 4) is 0 Å². The second-order valence-electron chi connectivity index (χ2n) is 8.22. The molecule has 0 saturated heterocycles. The lowest BCUT2D eigenvalue weighted by Crippen LogP contribution is -2.28. The smallest absolute Gasteiger partial charge is 0.319 e. The van der Waals surface area contributed by atoms with Crippen molar-refractivity contribution in [2.24, 2.45) is 0 Å². The van der Waals surface area contributed by atoms with Crippen molar-refractivity contribution < 1.29 is 18.4 Å². The summed E-state index contributed by atoms with van der Waals surface area (Å²) in [5.74, 6) is -1.15. The molecular formula is C24H21F2N7O2. The fourth-order valence-electron chi connectivity index (χ4n) is 3.76. The molecule has 1 fully saturated rings. The number of nitrogens with zero attached hydrogens (tertiary/aromatic N) is 3. The van der Waals surface area contributed by atoms with Gasteiger partial charge in [-0.05, 0) is 42.7 Å². The lowest BCUT2D eigenvalue weighted by Gasteiger charge is -2.10. The average molecular weight is 477 g/mol. The van der Waals surface area contributed by atoms with Gasteiger partial charge in [0.25, 0.3) is 5.91 Å². The number of anilines is 3. The summed E-state index contributed by atoms with van der Waals surface area (Å²) in [6.45, 7) is 0.134. The van der Waals surface area contributed by atoms with Crippen LogP contribution in [-0.2, 0) is 6.54 Å². The Kier molecular flexibility index (Phi) is 5.73. The molecule has 0 aliphatic heterocycles. The summed E-state index contributed by atoms with van der Waals surface area (Å²) in [7, 11) is 0. The molecule has 0 spiro atoms. The van der Waals surface area contributed by atoms with E-state index in [0.29, 0.717) is 22.7 Å². The van der Waals surface area contributed by atoms with Crippen molar-refractivity contribution in [1.82, 2.24) is 19.7 Å². The van der Waals surface area contributed by atoms with E-state index in [1.54, 1.807) is 36.7 Å². The van der Waals surface area contributed by atoms with E-state index in [2.05, 4.69) is 25.9 Å². The van der Waals surface area contributed by atoms with Crippen LogP contribution in [0.1, 0.15) is 40.6 Å². The molecule has 0 atom stereocenters. The maximum atomic E-state index is 13.3. The van der Waals surface area contributed by atoms with Gasteiger partial charge in [0, 0.05) is 42.3 Å². The van der Waals surface area contributed by atoms with Crippen molar-refractivity contribution in [3.05, 3.63) is 83.6 Å². The second-order valence-corrected chi connectivity index (χ2v) is 8.22. The second kappa shape index (κ2) is 9.01. The first kappa shape index (κ1) is 22.3. The molecular weight excluding hydrogens is 456 g/mol. The summed E-state index contributed by atoms with van der Waals surface area (Å²) in [6, 6.07) is 9.40. The standard InChI is InChI=1S/C24H21F2N7O2/c25-17-7-6-16(11-18(17)26)31-24(35)29-12-13-2-1-3-15(10-13)30-23(34)19-20-21(27)28-8-9-33(20)22(32-19)14-4-5-14/h1-3,6-11,14H,4-5,12H2,(H2,27,28)(H,30,34)(H2,29,31,35). The molecule has 9 nitrogen and oxygen atoms in total. The molecule has 178 valence electrons. The zero-order valence-electron chi connectivity index (χ0n) is 18.4. The number of benzene rings is 2. The van der Waals surface area contributed by atoms with Crippen LogP contribution in [-0.4, -0.2) is 26.3 Å². The lowest BCUT2D eigenvalue weighted by molar-refractivity contribution is 0.102. The van der Waals surface area contributed by atoms with Crippen LogP contribution in [0.3, 0.4) is 0 Å². The highest BCUT2D eigenvalue weighted by molar-refractivity contribution is 6.09. The highest BCUT2D eigenvalue weighted by Gasteiger charge is 2.31. The number of carbonyl (C=O) groups excluding carboxylic acids is 2. The summed E-state index contributed by atoms with van der Waals surface area (Å²) in [6.07, 6.45) is 5.36. The van der Waals surface area contributed by atoms with Crippen molar-refractivity contribution in [3.63, 3.8) is 0 Å². The minimum atomic E-state index is -1.06. The van der Waals surface area contributed by atoms with E-state index in [9.17, 15) is 18.4 Å². The Balaban J connectivity index is 1.26. The SMILES string of the molecule is Nc1nccn2c(C3CC3)nc(C(=O)Nc3cccc(CNC(=O)Nc4ccc(F)c(F)c4)c3)c12. The van der Waals surface area contributed by atoms with Crippen LogP contribution >= 0.6 is 0 Å². The van der Waals surface area contributed by atoms with Crippen LogP contribution in [0.4, 0.5) is 30.8 Å². The zero-order valence-corrected chi connectivity index (χ0v) is 18.4. The topological polar surface area (TPSA) is 126 Å². The highest BCUT2D eigenvalue weighted by Crippen LogP contribution is 2.40. The molecule has 35 heavy (non-hydrogen) atoms. The number of amides is 3. The van der Waals surface area contributed by atoms with E-state index in [4.69, 9.17) is 5.73 Å². The van der Waals surface area contributed by atoms with Gasteiger partial charge in [0.05, 0.1) is 0 Å². The monoisotopic (exact) mass is 477 g/mol. The maximum absolute atomic E-state index is 13.3. The third kappa shape index (κ3) is 4.74. The summed E-state index contributed by atoms with van der Waals surface area (Å²) < 4.78 is 28.2. The van der Waals surface area contributed by atoms with Crippen LogP contribution in [0.5, 0.6) is 0 Å². The van der Waals surface area contributed by atoms with Gasteiger partial charge in [-0.15, -0.1) is 0 Å². The fourth-order valence-corrected chi connectivity index (χ4v) is 3.76. The van der Waals surface area contributed by atoms with Gasteiger partial charge in [0.1, 0.15) is 17.2 Å². The number of carbonyl (C=O) groups is 2. The van der Waals surface area contributed by atoms with Crippen LogP contribution in [0.2, 0.25) is 0 Å². The summed E-state index contributed by atoms with van der Waals surface area (Å²) >= 11 is 0. The summed E-state index contributed by atoms with van der Waals surface area (Å²) in [5.41, 5.74) is 8.05. The number of hydrogen-bond acceptors (Lipinski definition) is 5. The molecule has 5 rings (SSSR count). The predicted molar refractivity (Wildman–Crippen MR) is 126 cm³/mol. The van der Waals surface area contributed by atoms with Crippen molar-refractivity contribution in [2.75, 3.05) is 16.4 Å². The van der Waals surface area contributed by atoms with Gasteiger partial charge in [0.2, 0.25) is 0 Å². The van der Waals surface area contributed by atoms with Gasteiger partial charge in [-0.2, -0.15) is 0 Å². The molecule has 0 bridgehead atoms. The summed E-state index contributed by atoms with van der Waals surface area (Å²) in [4.78, 5) is 33.8. The molecule has 2 heterocycles. The van der Waals surface area contributed by atoms with E-state index in [0.717, 1.165) is 30.8 Å². The first-order valence-electron chi connectivity index (χ1n) is 10.9. The Hall–Kier alpha value is -4.54. The van der Waals surface area contributed by atoms with Gasteiger partial charge in [-0.3, -0.25) is 9.20 Å². The average Bonchev–Trinajstić information content (AvgIpc) is 3.60. The minimum Gasteiger partial charge on any atom is -0.382 e. The van der Waals surface area contributed by atoms with Gasteiger partial charge in [0.15, 0.2) is 17.3 Å². The van der Waals surface area contributed by atoms with E-state index in [1.807, 2.05) is 4.40 Å². The lowest BCUT2D eigenvalue weighted by atomic mass is 10.2. The van der Waals surface area contributed by atoms with E-state index in [1.165, 1.54) is 6.07 Å². The predicted octanol–water partition coefficient (Wildman–Crippen LogP) is 4.04. The van der Waals surface area contributed by atoms with Crippen LogP contribution < -0.4 is 21.7 Å². The third-order valence-corrected chi connectivity index (χ3v) is 5.58. The number of nitrogen functional groups attached to an aromatic ring is 1.